The van der Waals surface area contributed by atoms with Gasteiger partial charge in [-0.25, -0.2) is 4.39 Å². The van der Waals surface area contributed by atoms with Crippen molar-refractivity contribution < 1.29 is 19.4 Å². The molecule has 2 aromatic rings. The van der Waals surface area contributed by atoms with Gasteiger partial charge in [0.2, 0.25) is 5.91 Å². The number of para-hydroxylation sites is 2. The predicted molar refractivity (Wildman–Crippen MR) is 90.8 cm³/mol. The number of aromatic hydroxyl groups is 1. The molecule has 0 aliphatic carbocycles. The number of aliphatic hydroxyl groups excluding tert-OH is 1. The fraction of sp³-hybridized carbons (Fsp3) is 0.167. The van der Waals surface area contributed by atoms with Crippen LogP contribution in [-0.2, 0) is 4.79 Å². The smallest absolute Gasteiger partial charge is 0.248 e. The van der Waals surface area contributed by atoms with Crippen molar-refractivity contribution in [2.75, 3.05) is 11.1 Å². The number of nitrogens with one attached hydrogen (secondary N) is 1. The van der Waals surface area contributed by atoms with Crippen molar-refractivity contribution in [3.05, 3.63) is 66.0 Å². The first-order chi connectivity index (χ1) is 11.4. The summed E-state index contributed by atoms with van der Waals surface area (Å²) in [6, 6.07) is 10.5. The van der Waals surface area contributed by atoms with Crippen LogP contribution in [0.4, 0.5) is 15.8 Å². The number of hydrogen-bond acceptors (Lipinski definition) is 4. The molecule has 126 valence electrons. The molecule has 2 aromatic carbocycles. The van der Waals surface area contributed by atoms with Gasteiger partial charge in [0, 0.05) is 5.92 Å². The Balaban J connectivity index is 2.01. The highest BCUT2D eigenvalue weighted by Crippen LogP contribution is 2.26. The molecule has 2 atom stereocenters. The van der Waals surface area contributed by atoms with E-state index in [2.05, 4.69) is 5.32 Å². The summed E-state index contributed by atoms with van der Waals surface area (Å²) in [5.41, 5.74) is 7.01. The molecule has 0 saturated heterocycles. The maximum Gasteiger partial charge on any atom is 0.248 e. The third-order valence-corrected chi connectivity index (χ3v) is 3.58. The van der Waals surface area contributed by atoms with Crippen molar-refractivity contribution in [3.63, 3.8) is 0 Å². The minimum Gasteiger partial charge on any atom is -0.505 e. The number of carbonyl (C=O) groups is 1. The largest absolute Gasteiger partial charge is 0.505 e. The van der Waals surface area contributed by atoms with Crippen LogP contribution in [0.1, 0.15) is 18.6 Å². The van der Waals surface area contributed by atoms with Crippen LogP contribution < -0.4 is 11.1 Å². The molecule has 0 spiro atoms. The van der Waals surface area contributed by atoms with E-state index in [1.54, 1.807) is 31.2 Å². The van der Waals surface area contributed by atoms with Crippen LogP contribution >= 0.6 is 0 Å². The van der Waals surface area contributed by atoms with Crippen molar-refractivity contribution in [2.45, 2.75) is 13.0 Å². The zero-order chi connectivity index (χ0) is 17.7. The van der Waals surface area contributed by atoms with E-state index in [-0.39, 0.29) is 5.91 Å². The number of rotatable bonds is 5. The van der Waals surface area contributed by atoms with Crippen LogP contribution in [-0.4, -0.2) is 16.1 Å². The van der Waals surface area contributed by atoms with E-state index in [1.165, 1.54) is 24.3 Å². The van der Waals surface area contributed by atoms with Crippen LogP contribution in [0.5, 0.6) is 5.75 Å². The molecule has 0 aromatic heterocycles. The van der Waals surface area contributed by atoms with Gasteiger partial charge in [-0.3, -0.25) is 4.79 Å². The molecule has 0 saturated carbocycles. The lowest BCUT2D eigenvalue weighted by molar-refractivity contribution is -0.111. The lowest BCUT2D eigenvalue weighted by Crippen LogP contribution is -2.12. The third-order valence-electron chi connectivity index (χ3n) is 3.58. The van der Waals surface area contributed by atoms with Crippen molar-refractivity contribution >= 4 is 17.3 Å². The van der Waals surface area contributed by atoms with E-state index in [1.807, 2.05) is 0 Å². The summed E-state index contributed by atoms with van der Waals surface area (Å²) in [4.78, 5) is 11.9. The van der Waals surface area contributed by atoms with E-state index in [0.29, 0.717) is 16.9 Å². The highest BCUT2D eigenvalue weighted by atomic mass is 19.1. The van der Waals surface area contributed by atoms with Gasteiger partial charge in [0.1, 0.15) is 0 Å². The van der Waals surface area contributed by atoms with Crippen molar-refractivity contribution in [3.8, 4) is 5.75 Å². The number of aliphatic hydroxyl groups is 1. The van der Waals surface area contributed by atoms with Crippen LogP contribution in [0.2, 0.25) is 0 Å². The van der Waals surface area contributed by atoms with Gasteiger partial charge in [-0.05, 0) is 35.9 Å². The highest BCUT2D eigenvalue weighted by molar-refractivity contribution is 6.01. The van der Waals surface area contributed by atoms with E-state index in [9.17, 15) is 14.3 Å². The number of hydrogen-bond donors (Lipinski definition) is 4. The Bertz CT molecular complexity index is 762. The Hall–Kier alpha value is -2.86. The minimum atomic E-state index is -1.01. The van der Waals surface area contributed by atoms with E-state index < -0.39 is 23.6 Å². The van der Waals surface area contributed by atoms with Crippen molar-refractivity contribution in [1.82, 2.24) is 0 Å². The maximum absolute atomic E-state index is 13.3. The van der Waals surface area contributed by atoms with E-state index in [0.717, 1.165) is 6.07 Å². The summed E-state index contributed by atoms with van der Waals surface area (Å²) in [7, 11) is 0. The van der Waals surface area contributed by atoms with Crippen LogP contribution in [0.3, 0.4) is 0 Å². The van der Waals surface area contributed by atoms with E-state index >= 15 is 0 Å². The second-order valence-electron chi connectivity index (χ2n) is 5.45. The van der Waals surface area contributed by atoms with Crippen LogP contribution in [0, 0.1) is 11.7 Å². The molecular formula is C18H19FN2O3. The summed E-state index contributed by atoms with van der Waals surface area (Å²) in [5, 5.41) is 22.0. The van der Waals surface area contributed by atoms with Crippen LogP contribution in [0.15, 0.2) is 54.6 Å². The molecule has 2 rings (SSSR count). The SMILES string of the molecule is C[C@@H](/C=C/C(=O)Nc1ccccc1N)[C@@H](O)c1ccc(O)c(F)c1. The van der Waals surface area contributed by atoms with Gasteiger partial charge in [-0.15, -0.1) is 0 Å². The number of anilines is 2. The Labute approximate surface area is 139 Å². The standard InChI is InChI=1S/C18H19FN2O3/c1-11(18(24)12-7-8-16(22)13(19)10-12)6-9-17(23)21-15-5-3-2-4-14(15)20/h2-11,18,22,24H,20H2,1H3,(H,21,23)/b9-6+/t11-,18+/m0/s1. The molecule has 0 heterocycles. The highest BCUT2D eigenvalue weighted by Gasteiger charge is 2.16. The average Bonchev–Trinajstić information content (AvgIpc) is 2.56. The molecule has 0 radical (unpaired) electrons. The number of phenols is 1. The molecule has 0 fully saturated rings. The molecule has 0 bridgehead atoms. The first-order valence-corrected chi connectivity index (χ1v) is 7.38. The number of carbonyl (C=O) groups excluding carboxylic acids is 1. The zero-order valence-electron chi connectivity index (χ0n) is 13.1. The number of phenolic OH excluding ortho intramolecular Hbond substituents is 1. The summed E-state index contributed by atoms with van der Waals surface area (Å²) in [5.74, 6) is -2.11. The quantitative estimate of drug-likeness (QED) is 0.501. The zero-order valence-corrected chi connectivity index (χ0v) is 13.1. The fourth-order valence-corrected chi connectivity index (χ4v) is 2.14. The normalized spacial score (nSPS) is 13.6. The molecule has 0 aliphatic rings. The molecule has 0 aliphatic heterocycles. The number of nitrogens with two attached hydrogens (primary N) is 1. The van der Waals surface area contributed by atoms with Gasteiger partial charge in [0.05, 0.1) is 17.5 Å². The Morgan fingerprint density at radius 3 is 2.67 bits per heavy atom. The van der Waals surface area contributed by atoms with Gasteiger partial charge in [0.25, 0.3) is 0 Å². The number of amides is 1. The summed E-state index contributed by atoms with van der Waals surface area (Å²) >= 11 is 0. The summed E-state index contributed by atoms with van der Waals surface area (Å²) in [6.07, 6.45) is 1.80. The van der Waals surface area contributed by atoms with Gasteiger partial charge < -0.3 is 21.3 Å². The minimum absolute atomic E-state index is 0.315. The second-order valence-corrected chi connectivity index (χ2v) is 5.45. The molecule has 5 N–H and O–H groups in total. The Kier molecular flexibility index (Phi) is 5.55. The van der Waals surface area contributed by atoms with Gasteiger partial charge in [-0.1, -0.05) is 31.2 Å². The molecule has 24 heavy (non-hydrogen) atoms. The third kappa shape index (κ3) is 4.33. The Morgan fingerprint density at radius 2 is 2.00 bits per heavy atom. The first-order valence-electron chi connectivity index (χ1n) is 7.38. The summed E-state index contributed by atoms with van der Waals surface area (Å²) in [6.45, 7) is 1.69. The molecule has 1 amide bonds. The average molecular weight is 330 g/mol. The molecule has 6 heteroatoms. The van der Waals surface area contributed by atoms with Crippen molar-refractivity contribution in [1.29, 1.82) is 0 Å². The molecular weight excluding hydrogens is 311 g/mol. The fourth-order valence-electron chi connectivity index (χ4n) is 2.14. The number of halogens is 1. The predicted octanol–water partition coefficient (Wildman–Crippen LogP) is 2.98. The number of benzene rings is 2. The lowest BCUT2D eigenvalue weighted by Gasteiger charge is -2.16. The topological polar surface area (TPSA) is 95.6 Å². The van der Waals surface area contributed by atoms with Gasteiger partial charge >= 0.3 is 0 Å². The van der Waals surface area contributed by atoms with Crippen molar-refractivity contribution in [2.24, 2.45) is 5.92 Å². The van der Waals surface area contributed by atoms with Crippen LogP contribution in [0.25, 0.3) is 0 Å². The first kappa shape index (κ1) is 17.5. The number of nitrogen functional groups attached to an aromatic ring is 1. The van der Waals surface area contributed by atoms with E-state index in [4.69, 9.17) is 10.8 Å². The molecule has 0 unspecified atom stereocenters. The monoisotopic (exact) mass is 330 g/mol. The molecule has 5 nitrogen and oxygen atoms in total. The maximum atomic E-state index is 13.3. The lowest BCUT2D eigenvalue weighted by atomic mass is 9.96. The second kappa shape index (κ2) is 7.61. The van der Waals surface area contributed by atoms with Gasteiger partial charge in [-0.2, -0.15) is 0 Å². The summed E-state index contributed by atoms with van der Waals surface area (Å²) < 4.78 is 13.3. The Morgan fingerprint density at radius 1 is 1.29 bits per heavy atom. The van der Waals surface area contributed by atoms with Gasteiger partial charge in [0.15, 0.2) is 11.6 Å².